The maximum absolute atomic E-state index is 9.43. The Morgan fingerprint density at radius 1 is 1.21 bits per heavy atom. The largest absolute Gasteiger partial charge is 0.351 e. The predicted octanol–water partition coefficient (Wildman–Crippen LogP) is 5.58. The van der Waals surface area contributed by atoms with Crippen molar-refractivity contribution in [3.63, 3.8) is 0 Å². The molecular formula is C17H30Cl3NO3. The number of hydrogen-bond donors (Lipinski definition) is 0. The molecule has 1 aromatic heterocycles. The van der Waals surface area contributed by atoms with E-state index in [1.54, 1.807) is 0 Å². The molecule has 0 amide bonds. The molecule has 0 N–H and O–H groups in total. The summed E-state index contributed by atoms with van der Waals surface area (Å²) in [5.74, 6) is 0. The van der Waals surface area contributed by atoms with Gasteiger partial charge < -0.3 is 14.0 Å². The van der Waals surface area contributed by atoms with Gasteiger partial charge in [0.15, 0.2) is 12.6 Å². The molecule has 0 bridgehead atoms. The first kappa shape index (κ1) is 28.3. The van der Waals surface area contributed by atoms with Crippen LogP contribution < -0.4 is 0 Å². The van der Waals surface area contributed by atoms with Crippen LogP contribution in [0.2, 0.25) is 0 Å². The van der Waals surface area contributed by atoms with E-state index in [1.807, 2.05) is 40.0 Å². The fraction of sp³-hybridized carbons (Fsp3) is 0.588. The number of aryl methyl sites for hydroxylation is 1. The fourth-order valence-electron chi connectivity index (χ4n) is 1.39. The smallest absolute Gasteiger partial charge is 0.245 e. The SMILES string of the molecule is C=C.CC.CCOC(Cn1cccc1C)OCC.O=CC(Cl)(Cl)Cl. The molecule has 0 aliphatic carbocycles. The molecule has 0 aliphatic rings. The Bertz CT molecular complexity index is 387. The van der Waals surface area contributed by atoms with E-state index >= 15 is 0 Å². The van der Waals surface area contributed by atoms with Crippen molar-refractivity contribution in [1.82, 2.24) is 4.57 Å². The van der Waals surface area contributed by atoms with Crippen molar-refractivity contribution in [2.24, 2.45) is 0 Å². The number of hydrogen-bond acceptors (Lipinski definition) is 3. The molecule has 0 radical (unpaired) electrons. The molecular weight excluding hydrogens is 373 g/mol. The highest BCUT2D eigenvalue weighted by Crippen LogP contribution is 2.21. The van der Waals surface area contributed by atoms with Crippen molar-refractivity contribution in [2.45, 2.75) is 51.2 Å². The minimum atomic E-state index is -1.72. The minimum absolute atomic E-state index is 0.129. The second kappa shape index (κ2) is 18.8. The molecule has 1 aromatic rings. The third-order valence-electron chi connectivity index (χ3n) is 2.24. The summed E-state index contributed by atoms with van der Waals surface area (Å²) in [4.78, 5) is 9.43. The lowest BCUT2D eigenvalue weighted by molar-refractivity contribution is -0.143. The Kier molecular flexibility index (Phi) is 22.2. The van der Waals surface area contributed by atoms with Crippen LogP contribution in [0.25, 0.3) is 0 Å². The third-order valence-corrected chi connectivity index (χ3v) is 2.51. The molecule has 7 heteroatoms. The van der Waals surface area contributed by atoms with Crippen molar-refractivity contribution in [2.75, 3.05) is 13.2 Å². The minimum Gasteiger partial charge on any atom is -0.351 e. The first-order valence-corrected chi connectivity index (χ1v) is 8.85. The maximum Gasteiger partial charge on any atom is 0.245 e. The zero-order valence-corrected chi connectivity index (χ0v) is 17.5. The Balaban J connectivity index is -0.000000371. The van der Waals surface area contributed by atoms with Crippen molar-refractivity contribution in [3.8, 4) is 0 Å². The zero-order chi connectivity index (χ0) is 19.6. The van der Waals surface area contributed by atoms with E-state index in [0.29, 0.717) is 13.2 Å². The number of carbonyl (C=O) groups excluding carboxylic acids is 1. The van der Waals surface area contributed by atoms with E-state index in [9.17, 15) is 4.79 Å². The molecule has 1 heterocycles. The lowest BCUT2D eigenvalue weighted by atomic mass is 10.5. The van der Waals surface area contributed by atoms with Crippen LogP contribution in [0.4, 0.5) is 0 Å². The molecule has 0 aromatic carbocycles. The normalized spacial score (nSPS) is 9.71. The highest BCUT2D eigenvalue weighted by molar-refractivity contribution is 6.74. The van der Waals surface area contributed by atoms with Gasteiger partial charge in [-0.25, -0.2) is 0 Å². The van der Waals surface area contributed by atoms with E-state index in [-0.39, 0.29) is 12.6 Å². The number of rotatable bonds is 6. The van der Waals surface area contributed by atoms with Crippen LogP contribution in [-0.2, 0) is 20.8 Å². The van der Waals surface area contributed by atoms with Crippen molar-refractivity contribution in [3.05, 3.63) is 37.2 Å². The van der Waals surface area contributed by atoms with Crippen LogP contribution in [-0.4, -0.2) is 34.1 Å². The highest BCUT2D eigenvalue weighted by atomic mass is 35.6. The molecule has 0 fully saturated rings. The van der Waals surface area contributed by atoms with Crippen LogP contribution in [0.15, 0.2) is 31.5 Å². The Morgan fingerprint density at radius 2 is 1.62 bits per heavy atom. The third kappa shape index (κ3) is 17.8. The molecule has 0 spiro atoms. The van der Waals surface area contributed by atoms with Gasteiger partial charge in [-0.1, -0.05) is 48.7 Å². The number of nitrogens with zero attached hydrogens (tertiary/aromatic N) is 1. The topological polar surface area (TPSA) is 40.5 Å². The summed E-state index contributed by atoms with van der Waals surface area (Å²) in [5.41, 5.74) is 1.23. The van der Waals surface area contributed by atoms with Crippen LogP contribution in [0.5, 0.6) is 0 Å². The average molecular weight is 403 g/mol. The fourth-order valence-corrected chi connectivity index (χ4v) is 1.39. The van der Waals surface area contributed by atoms with Crippen molar-refractivity contribution >= 4 is 41.1 Å². The first-order chi connectivity index (χ1) is 11.3. The maximum atomic E-state index is 9.43. The van der Waals surface area contributed by atoms with Gasteiger partial charge in [-0.15, -0.1) is 13.2 Å². The first-order valence-electron chi connectivity index (χ1n) is 7.72. The van der Waals surface area contributed by atoms with Crippen molar-refractivity contribution in [1.29, 1.82) is 0 Å². The Labute approximate surface area is 161 Å². The van der Waals surface area contributed by atoms with Gasteiger partial charge in [-0.3, -0.25) is 4.79 Å². The van der Waals surface area contributed by atoms with Gasteiger partial charge in [0.1, 0.15) is 0 Å². The highest BCUT2D eigenvalue weighted by Gasteiger charge is 2.16. The number of alkyl halides is 3. The van der Waals surface area contributed by atoms with Gasteiger partial charge in [0.25, 0.3) is 0 Å². The summed E-state index contributed by atoms with van der Waals surface area (Å²) < 4.78 is 11.3. The number of aldehydes is 1. The Hall–Kier alpha value is -0.520. The van der Waals surface area contributed by atoms with Gasteiger partial charge in [-0.05, 0) is 32.9 Å². The predicted molar refractivity (Wildman–Crippen MR) is 105 cm³/mol. The van der Waals surface area contributed by atoms with Gasteiger partial charge in [0.2, 0.25) is 3.79 Å². The monoisotopic (exact) mass is 401 g/mol. The van der Waals surface area contributed by atoms with Gasteiger partial charge in [0, 0.05) is 25.1 Å². The lowest BCUT2D eigenvalue weighted by Gasteiger charge is -2.18. The summed E-state index contributed by atoms with van der Waals surface area (Å²) in [6.45, 7) is 18.2. The number of carbonyl (C=O) groups is 1. The van der Waals surface area contributed by atoms with Gasteiger partial charge in [-0.2, -0.15) is 0 Å². The molecule has 1 rings (SSSR count). The average Bonchev–Trinajstić information content (AvgIpc) is 2.97. The molecule has 4 nitrogen and oxygen atoms in total. The van der Waals surface area contributed by atoms with Gasteiger partial charge >= 0.3 is 0 Å². The van der Waals surface area contributed by atoms with Crippen LogP contribution in [0.1, 0.15) is 33.4 Å². The van der Waals surface area contributed by atoms with E-state index < -0.39 is 3.79 Å². The van der Waals surface area contributed by atoms with Crippen LogP contribution in [0, 0.1) is 6.92 Å². The molecule has 0 saturated heterocycles. The van der Waals surface area contributed by atoms with E-state index in [0.717, 1.165) is 6.54 Å². The Morgan fingerprint density at radius 3 is 1.88 bits per heavy atom. The molecule has 24 heavy (non-hydrogen) atoms. The number of halogens is 3. The van der Waals surface area contributed by atoms with Gasteiger partial charge in [0.05, 0.1) is 6.54 Å². The standard InChI is InChI=1S/C11H19NO2.C2HCl3O.C2H6.C2H4/c1-4-13-11(14-5-2)9-12-8-6-7-10(12)3;3-2(4,5)1-6;2*1-2/h6-8,11H,4-5,9H2,1-3H3;1H;1-2H3;1-2H2. The summed E-state index contributed by atoms with van der Waals surface area (Å²) in [5, 5.41) is 0. The van der Waals surface area contributed by atoms with Crippen molar-refractivity contribution < 1.29 is 14.3 Å². The number of aromatic nitrogens is 1. The lowest BCUT2D eigenvalue weighted by Crippen LogP contribution is -2.23. The van der Waals surface area contributed by atoms with Crippen LogP contribution >= 0.6 is 34.8 Å². The van der Waals surface area contributed by atoms with E-state index in [1.165, 1.54) is 5.69 Å². The summed E-state index contributed by atoms with van der Waals surface area (Å²) >= 11 is 14.6. The molecule has 0 saturated carbocycles. The van der Waals surface area contributed by atoms with E-state index in [2.05, 4.69) is 30.7 Å². The second-order valence-corrected chi connectivity index (χ2v) is 6.17. The summed E-state index contributed by atoms with van der Waals surface area (Å²) in [6, 6.07) is 4.11. The summed E-state index contributed by atoms with van der Waals surface area (Å²) in [6.07, 6.45) is 2.15. The molecule has 0 unspecified atom stereocenters. The quantitative estimate of drug-likeness (QED) is 0.270. The second-order valence-electron chi connectivity index (χ2n) is 3.80. The number of ether oxygens (including phenoxy) is 2. The van der Waals surface area contributed by atoms with E-state index in [4.69, 9.17) is 44.3 Å². The molecule has 0 aliphatic heterocycles. The molecule has 142 valence electrons. The zero-order valence-electron chi connectivity index (χ0n) is 15.2. The van der Waals surface area contributed by atoms with Crippen LogP contribution in [0.3, 0.4) is 0 Å². The molecule has 0 atom stereocenters. The summed E-state index contributed by atoms with van der Waals surface area (Å²) in [7, 11) is 0.